The maximum absolute atomic E-state index is 13.1. The smallest absolute Gasteiger partial charge is 0.123 e. The van der Waals surface area contributed by atoms with Gasteiger partial charge < -0.3 is 4.90 Å². The Bertz CT molecular complexity index is 603. The second-order valence-corrected chi connectivity index (χ2v) is 5.83. The highest BCUT2D eigenvalue weighted by atomic mass is 19.1. The number of hydrogen-bond acceptors (Lipinski definition) is 1. The summed E-state index contributed by atoms with van der Waals surface area (Å²) in [6, 6.07) is 13.7. The average Bonchev–Trinajstić information content (AvgIpc) is 2.58. The minimum absolute atomic E-state index is 0.163. The van der Waals surface area contributed by atoms with Gasteiger partial charge in [-0.25, -0.2) is 4.39 Å². The molecule has 104 valence electrons. The van der Waals surface area contributed by atoms with Crippen molar-refractivity contribution in [2.24, 2.45) is 0 Å². The molecule has 0 aliphatic carbocycles. The Morgan fingerprint density at radius 3 is 2.60 bits per heavy atom. The lowest BCUT2D eigenvalue weighted by atomic mass is 9.86. The minimum Gasteiger partial charge on any atom is -0.302 e. The number of benzene rings is 2. The summed E-state index contributed by atoms with van der Waals surface area (Å²) < 4.78 is 13.1. The van der Waals surface area contributed by atoms with E-state index in [9.17, 15) is 4.39 Å². The van der Waals surface area contributed by atoms with Crippen molar-refractivity contribution in [1.82, 2.24) is 4.90 Å². The average molecular weight is 269 g/mol. The van der Waals surface area contributed by atoms with Gasteiger partial charge in [0.1, 0.15) is 5.82 Å². The van der Waals surface area contributed by atoms with E-state index in [0.717, 1.165) is 19.5 Å². The number of fused-ring (bicyclic) bond motifs is 1. The molecular weight excluding hydrogens is 249 g/mol. The molecule has 1 unspecified atom stereocenters. The fraction of sp³-hybridized carbons (Fsp3) is 0.333. The first-order chi connectivity index (χ1) is 9.63. The summed E-state index contributed by atoms with van der Waals surface area (Å²) in [5, 5.41) is 0. The molecule has 0 bridgehead atoms. The molecule has 1 aliphatic heterocycles. The van der Waals surface area contributed by atoms with Crippen LogP contribution in [0.2, 0.25) is 0 Å². The van der Waals surface area contributed by atoms with Gasteiger partial charge in [-0.05, 0) is 55.8 Å². The standard InChI is InChI=1S/C18H20FN/c1-13-3-8-17-15(11-13)12-20(2)10-9-18(17)14-4-6-16(19)7-5-14/h3-8,11,18H,9-10,12H2,1-2H3. The van der Waals surface area contributed by atoms with Gasteiger partial charge in [-0.15, -0.1) is 0 Å². The topological polar surface area (TPSA) is 3.24 Å². The Kier molecular flexibility index (Phi) is 3.58. The normalized spacial score (nSPS) is 19.4. The fourth-order valence-electron chi connectivity index (χ4n) is 3.13. The first-order valence-corrected chi connectivity index (χ1v) is 7.17. The lowest BCUT2D eigenvalue weighted by Crippen LogP contribution is -2.17. The summed E-state index contributed by atoms with van der Waals surface area (Å²) in [6.45, 7) is 4.20. The number of rotatable bonds is 1. The second-order valence-electron chi connectivity index (χ2n) is 5.83. The predicted molar refractivity (Wildman–Crippen MR) is 80.4 cm³/mol. The number of nitrogens with zero attached hydrogens (tertiary/aromatic N) is 1. The van der Waals surface area contributed by atoms with E-state index in [2.05, 4.69) is 37.1 Å². The Hall–Kier alpha value is -1.67. The maximum Gasteiger partial charge on any atom is 0.123 e. The monoisotopic (exact) mass is 269 g/mol. The lowest BCUT2D eigenvalue weighted by molar-refractivity contribution is 0.328. The first kappa shape index (κ1) is 13.3. The van der Waals surface area contributed by atoms with Crippen molar-refractivity contribution in [2.75, 3.05) is 13.6 Å². The third-order valence-corrected chi connectivity index (χ3v) is 4.19. The van der Waals surface area contributed by atoms with E-state index in [1.165, 1.54) is 22.3 Å². The van der Waals surface area contributed by atoms with Crippen molar-refractivity contribution in [3.8, 4) is 0 Å². The largest absolute Gasteiger partial charge is 0.302 e. The fourth-order valence-corrected chi connectivity index (χ4v) is 3.13. The van der Waals surface area contributed by atoms with Crippen molar-refractivity contribution in [1.29, 1.82) is 0 Å². The van der Waals surface area contributed by atoms with Crippen molar-refractivity contribution in [3.63, 3.8) is 0 Å². The van der Waals surface area contributed by atoms with Crippen molar-refractivity contribution in [3.05, 3.63) is 70.5 Å². The summed E-state index contributed by atoms with van der Waals surface area (Å²) in [5.41, 5.74) is 5.31. The van der Waals surface area contributed by atoms with Gasteiger partial charge in [-0.2, -0.15) is 0 Å². The van der Waals surface area contributed by atoms with Gasteiger partial charge >= 0.3 is 0 Å². The summed E-state index contributed by atoms with van der Waals surface area (Å²) in [4.78, 5) is 2.36. The van der Waals surface area contributed by atoms with Crippen LogP contribution in [0.1, 0.15) is 34.6 Å². The first-order valence-electron chi connectivity index (χ1n) is 7.17. The molecule has 2 aromatic rings. The van der Waals surface area contributed by atoms with Crippen LogP contribution in [-0.4, -0.2) is 18.5 Å². The molecule has 1 heterocycles. The molecule has 0 fully saturated rings. The van der Waals surface area contributed by atoms with E-state index < -0.39 is 0 Å². The Morgan fingerprint density at radius 2 is 1.85 bits per heavy atom. The van der Waals surface area contributed by atoms with E-state index in [1.807, 2.05) is 12.1 Å². The van der Waals surface area contributed by atoms with Crippen molar-refractivity contribution >= 4 is 0 Å². The lowest BCUT2D eigenvalue weighted by Gasteiger charge is -2.18. The zero-order chi connectivity index (χ0) is 14.1. The molecule has 0 aromatic heterocycles. The van der Waals surface area contributed by atoms with Crippen LogP contribution in [0.15, 0.2) is 42.5 Å². The van der Waals surface area contributed by atoms with Crippen molar-refractivity contribution < 1.29 is 4.39 Å². The molecule has 1 atom stereocenters. The van der Waals surface area contributed by atoms with Crippen molar-refractivity contribution in [2.45, 2.75) is 25.8 Å². The molecule has 0 amide bonds. The SMILES string of the molecule is Cc1ccc2c(c1)CN(C)CCC2c1ccc(F)cc1. The minimum atomic E-state index is -0.163. The van der Waals surface area contributed by atoms with Crippen LogP contribution < -0.4 is 0 Å². The Balaban J connectivity index is 2.05. The number of aryl methyl sites for hydroxylation is 1. The van der Waals surface area contributed by atoms with E-state index in [0.29, 0.717) is 5.92 Å². The quantitative estimate of drug-likeness (QED) is 0.753. The summed E-state index contributed by atoms with van der Waals surface area (Å²) in [6.07, 6.45) is 1.08. The van der Waals surface area contributed by atoms with Crippen LogP contribution in [0.5, 0.6) is 0 Å². The zero-order valence-corrected chi connectivity index (χ0v) is 12.1. The van der Waals surface area contributed by atoms with Gasteiger partial charge in [0.25, 0.3) is 0 Å². The molecule has 0 saturated carbocycles. The number of hydrogen-bond donors (Lipinski definition) is 0. The molecule has 0 saturated heterocycles. The van der Waals surface area contributed by atoms with Crippen LogP contribution >= 0.6 is 0 Å². The highest BCUT2D eigenvalue weighted by molar-refractivity contribution is 5.41. The van der Waals surface area contributed by atoms with Crippen LogP contribution in [0.4, 0.5) is 4.39 Å². The van der Waals surface area contributed by atoms with Gasteiger partial charge in [0.2, 0.25) is 0 Å². The van der Waals surface area contributed by atoms with E-state index >= 15 is 0 Å². The molecule has 1 aliphatic rings. The molecular formula is C18H20FN. The van der Waals surface area contributed by atoms with Gasteiger partial charge in [0.05, 0.1) is 0 Å². The van der Waals surface area contributed by atoms with Crippen LogP contribution in [0, 0.1) is 12.7 Å². The highest BCUT2D eigenvalue weighted by Crippen LogP contribution is 2.34. The van der Waals surface area contributed by atoms with E-state index in [4.69, 9.17) is 0 Å². The molecule has 0 radical (unpaired) electrons. The predicted octanol–water partition coefficient (Wildman–Crippen LogP) is 4.10. The van der Waals surface area contributed by atoms with Gasteiger partial charge in [-0.1, -0.05) is 35.9 Å². The molecule has 20 heavy (non-hydrogen) atoms. The number of halogens is 1. The van der Waals surface area contributed by atoms with Crippen LogP contribution in [0.25, 0.3) is 0 Å². The third kappa shape index (κ3) is 2.61. The van der Waals surface area contributed by atoms with Gasteiger partial charge in [0.15, 0.2) is 0 Å². The summed E-state index contributed by atoms with van der Waals surface area (Å²) in [7, 11) is 2.17. The highest BCUT2D eigenvalue weighted by Gasteiger charge is 2.22. The Morgan fingerprint density at radius 1 is 1.10 bits per heavy atom. The van der Waals surface area contributed by atoms with Gasteiger partial charge in [-0.3, -0.25) is 0 Å². The molecule has 2 aromatic carbocycles. The molecule has 3 rings (SSSR count). The summed E-state index contributed by atoms with van der Waals surface area (Å²) >= 11 is 0. The van der Waals surface area contributed by atoms with Crippen LogP contribution in [-0.2, 0) is 6.54 Å². The van der Waals surface area contributed by atoms with E-state index in [-0.39, 0.29) is 5.82 Å². The molecule has 2 heteroatoms. The summed E-state index contributed by atoms with van der Waals surface area (Å²) in [5.74, 6) is 0.208. The Labute approximate surface area is 120 Å². The second kappa shape index (κ2) is 5.37. The third-order valence-electron chi connectivity index (χ3n) is 4.19. The van der Waals surface area contributed by atoms with Gasteiger partial charge in [0, 0.05) is 12.5 Å². The molecule has 0 N–H and O–H groups in total. The maximum atomic E-state index is 13.1. The zero-order valence-electron chi connectivity index (χ0n) is 12.1. The van der Waals surface area contributed by atoms with Crippen LogP contribution in [0.3, 0.4) is 0 Å². The van der Waals surface area contributed by atoms with E-state index in [1.54, 1.807) is 12.1 Å². The molecule has 0 spiro atoms. The molecule has 1 nitrogen and oxygen atoms in total.